The van der Waals surface area contributed by atoms with E-state index in [0.717, 1.165) is 16.7 Å². The van der Waals surface area contributed by atoms with Crippen molar-refractivity contribution in [1.82, 2.24) is 0 Å². The summed E-state index contributed by atoms with van der Waals surface area (Å²) in [7, 11) is 0. The Morgan fingerprint density at radius 2 is 0.951 bits per heavy atom. The zero-order chi connectivity index (χ0) is 28.4. The molecule has 0 heterocycles. The number of hydrogen-bond donors (Lipinski definition) is 1. The number of ketones is 1. The molecule has 6 nitrogen and oxygen atoms in total. The van der Waals surface area contributed by atoms with Gasteiger partial charge in [-0.1, -0.05) is 121 Å². The smallest absolute Gasteiger partial charge is 0.343 e. The molecule has 1 N–H and O–H groups in total. The number of hydrogen-bond acceptors (Lipinski definition) is 5. The normalized spacial score (nSPS) is 10.5. The molecule has 0 unspecified atom stereocenters. The Labute approximate surface area is 238 Å². The molecular formula is C35H28O6. The van der Waals surface area contributed by atoms with Crippen LogP contribution in [0.5, 0.6) is 17.2 Å². The highest BCUT2D eigenvalue weighted by Gasteiger charge is 2.30. The van der Waals surface area contributed by atoms with E-state index in [1.807, 2.05) is 97.1 Å². The Morgan fingerprint density at radius 1 is 0.537 bits per heavy atom. The van der Waals surface area contributed by atoms with Gasteiger partial charge in [0, 0.05) is 5.56 Å². The summed E-state index contributed by atoms with van der Waals surface area (Å²) in [6.45, 7) is 0.257. The Hall–Kier alpha value is -5.36. The van der Waals surface area contributed by atoms with Crippen LogP contribution in [0.2, 0.25) is 0 Å². The summed E-state index contributed by atoms with van der Waals surface area (Å²) >= 11 is 0. The topological polar surface area (TPSA) is 82.1 Å². The standard InChI is InChI=1S/C35H28O6/c36-32(28-19-11-4-12-20-28)29-21-30(39-22-25-13-5-1-6-14-25)31(35(37)38)34(41-24-27-17-9-3-10-18-27)33(29)40-23-26-15-7-2-8-16-26/h1-21H,22-24H2,(H,37,38). The molecule has 41 heavy (non-hydrogen) atoms. The third kappa shape index (κ3) is 6.81. The molecule has 5 aromatic carbocycles. The third-order valence-corrected chi connectivity index (χ3v) is 6.38. The molecule has 0 amide bonds. The minimum Gasteiger partial charge on any atom is -0.488 e. The summed E-state index contributed by atoms with van der Waals surface area (Å²) in [5.41, 5.74) is 2.86. The number of carboxylic acids is 1. The quantitative estimate of drug-likeness (QED) is 0.165. The van der Waals surface area contributed by atoms with Gasteiger partial charge in [0.2, 0.25) is 0 Å². The minimum absolute atomic E-state index is 0.00996. The highest BCUT2D eigenvalue weighted by molar-refractivity contribution is 6.12. The van der Waals surface area contributed by atoms with Gasteiger partial charge in [0.1, 0.15) is 31.1 Å². The van der Waals surface area contributed by atoms with Crippen LogP contribution in [0.15, 0.2) is 127 Å². The lowest BCUT2D eigenvalue weighted by atomic mass is 9.98. The van der Waals surface area contributed by atoms with Gasteiger partial charge < -0.3 is 19.3 Å². The number of rotatable bonds is 12. The van der Waals surface area contributed by atoms with Crippen LogP contribution in [0.3, 0.4) is 0 Å². The molecule has 0 aromatic heterocycles. The molecule has 0 aliphatic rings. The number of carboxylic acid groups (broad SMARTS) is 1. The van der Waals surface area contributed by atoms with Crippen molar-refractivity contribution in [3.8, 4) is 17.2 Å². The highest BCUT2D eigenvalue weighted by atomic mass is 16.5. The molecule has 0 aliphatic carbocycles. The number of aromatic carboxylic acids is 1. The molecule has 204 valence electrons. The lowest BCUT2D eigenvalue weighted by molar-refractivity contribution is 0.0683. The fraction of sp³-hybridized carbons (Fsp3) is 0.0857. The van der Waals surface area contributed by atoms with Crippen molar-refractivity contribution >= 4 is 11.8 Å². The van der Waals surface area contributed by atoms with E-state index in [1.54, 1.807) is 24.3 Å². The summed E-state index contributed by atoms with van der Waals surface area (Å²) in [6.07, 6.45) is 0. The third-order valence-electron chi connectivity index (χ3n) is 6.38. The fourth-order valence-electron chi connectivity index (χ4n) is 4.32. The number of carbonyl (C=O) groups excluding carboxylic acids is 1. The van der Waals surface area contributed by atoms with Crippen LogP contribution in [0, 0.1) is 0 Å². The van der Waals surface area contributed by atoms with Gasteiger partial charge in [0.05, 0.1) is 5.56 Å². The zero-order valence-corrected chi connectivity index (χ0v) is 22.2. The maximum atomic E-state index is 13.9. The van der Waals surface area contributed by atoms with Gasteiger partial charge in [0.25, 0.3) is 0 Å². The summed E-state index contributed by atoms with van der Waals surface area (Å²) in [5.74, 6) is -1.62. The molecule has 0 bridgehead atoms. The molecule has 0 fully saturated rings. The first kappa shape index (κ1) is 27.2. The molecule has 0 saturated carbocycles. The van der Waals surface area contributed by atoms with Crippen LogP contribution in [-0.4, -0.2) is 16.9 Å². The van der Waals surface area contributed by atoms with Crippen molar-refractivity contribution in [1.29, 1.82) is 0 Å². The SMILES string of the molecule is O=C(c1ccccc1)c1cc(OCc2ccccc2)c(C(=O)O)c(OCc2ccccc2)c1OCc1ccccc1. The Kier molecular flexibility index (Phi) is 8.72. The molecule has 6 heteroatoms. The van der Waals surface area contributed by atoms with Gasteiger partial charge in [0.15, 0.2) is 17.3 Å². The maximum Gasteiger partial charge on any atom is 0.343 e. The number of ether oxygens (including phenoxy) is 3. The van der Waals surface area contributed by atoms with E-state index in [-0.39, 0.29) is 54.0 Å². The average molecular weight is 545 g/mol. The minimum atomic E-state index is -1.26. The first-order chi connectivity index (χ1) is 20.1. The molecule has 0 saturated heterocycles. The van der Waals surface area contributed by atoms with Crippen LogP contribution < -0.4 is 14.2 Å². The highest BCUT2D eigenvalue weighted by Crippen LogP contribution is 2.43. The van der Waals surface area contributed by atoms with Crippen LogP contribution in [0.4, 0.5) is 0 Å². The number of benzene rings is 5. The van der Waals surface area contributed by atoms with Gasteiger partial charge in [-0.2, -0.15) is 0 Å². The maximum absolute atomic E-state index is 13.9. The zero-order valence-electron chi connectivity index (χ0n) is 22.2. The van der Waals surface area contributed by atoms with Crippen molar-refractivity contribution in [3.05, 3.63) is 161 Å². The first-order valence-electron chi connectivity index (χ1n) is 13.1. The molecular weight excluding hydrogens is 516 g/mol. The largest absolute Gasteiger partial charge is 0.488 e. The van der Waals surface area contributed by atoms with Crippen molar-refractivity contribution in [3.63, 3.8) is 0 Å². The molecule has 0 atom stereocenters. The van der Waals surface area contributed by atoms with Crippen molar-refractivity contribution in [2.24, 2.45) is 0 Å². The van der Waals surface area contributed by atoms with Crippen LogP contribution in [0.1, 0.15) is 43.0 Å². The van der Waals surface area contributed by atoms with Crippen molar-refractivity contribution in [2.45, 2.75) is 19.8 Å². The van der Waals surface area contributed by atoms with Crippen molar-refractivity contribution < 1.29 is 28.9 Å². The van der Waals surface area contributed by atoms with E-state index in [4.69, 9.17) is 14.2 Å². The van der Waals surface area contributed by atoms with Gasteiger partial charge >= 0.3 is 5.97 Å². The molecule has 5 aromatic rings. The second-order valence-corrected chi connectivity index (χ2v) is 9.28. The van der Waals surface area contributed by atoms with Crippen LogP contribution in [0.25, 0.3) is 0 Å². The first-order valence-corrected chi connectivity index (χ1v) is 13.1. The second kappa shape index (κ2) is 13.1. The van der Waals surface area contributed by atoms with Crippen LogP contribution >= 0.6 is 0 Å². The Balaban J connectivity index is 1.65. The molecule has 0 spiro atoms. The monoisotopic (exact) mass is 544 g/mol. The van der Waals surface area contributed by atoms with E-state index in [1.165, 1.54) is 6.07 Å². The summed E-state index contributed by atoms with van der Waals surface area (Å²) in [4.78, 5) is 26.6. The lowest BCUT2D eigenvalue weighted by Crippen LogP contribution is -2.14. The summed E-state index contributed by atoms with van der Waals surface area (Å²) in [5, 5.41) is 10.4. The van der Waals surface area contributed by atoms with E-state index in [9.17, 15) is 14.7 Å². The fourth-order valence-corrected chi connectivity index (χ4v) is 4.32. The van der Waals surface area contributed by atoms with E-state index < -0.39 is 5.97 Å². The predicted octanol–water partition coefficient (Wildman–Crippen LogP) is 7.35. The van der Waals surface area contributed by atoms with Gasteiger partial charge in [-0.15, -0.1) is 0 Å². The van der Waals surface area contributed by atoms with Gasteiger partial charge in [-0.25, -0.2) is 4.79 Å². The summed E-state index contributed by atoms with van der Waals surface area (Å²) < 4.78 is 18.5. The average Bonchev–Trinajstić information content (AvgIpc) is 3.03. The van der Waals surface area contributed by atoms with E-state index >= 15 is 0 Å². The second-order valence-electron chi connectivity index (χ2n) is 9.28. The molecule has 0 aliphatic heterocycles. The van der Waals surface area contributed by atoms with Gasteiger partial charge in [-0.05, 0) is 22.8 Å². The Bertz CT molecular complexity index is 1600. The molecule has 5 rings (SSSR count). The lowest BCUT2D eigenvalue weighted by Gasteiger charge is -2.21. The van der Waals surface area contributed by atoms with E-state index in [0.29, 0.717) is 5.56 Å². The van der Waals surface area contributed by atoms with Crippen LogP contribution in [-0.2, 0) is 19.8 Å². The molecule has 0 radical (unpaired) electrons. The van der Waals surface area contributed by atoms with Crippen molar-refractivity contribution in [2.75, 3.05) is 0 Å². The van der Waals surface area contributed by atoms with Gasteiger partial charge in [-0.3, -0.25) is 4.79 Å². The summed E-state index contributed by atoms with van der Waals surface area (Å²) in [6, 6.07) is 38.4. The van der Waals surface area contributed by atoms with E-state index in [2.05, 4.69) is 0 Å². The Morgan fingerprint density at radius 3 is 1.41 bits per heavy atom. The number of carbonyl (C=O) groups is 2. The predicted molar refractivity (Wildman–Crippen MR) is 156 cm³/mol.